The van der Waals surface area contributed by atoms with Gasteiger partial charge in [-0.25, -0.2) is 0 Å². The number of amides is 1. The van der Waals surface area contributed by atoms with Crippen molar-refractivity contribution in [1.82, 2.24) is 4.98 Å². The Morgan fingerprint density at radius 1 is 1.26 bits per heavy atom. The second-order valence-electron chi connectivity index (χ2n) is 4.72. The quantitative estimate of drug-likeness (QED) is 0.723. The molecule has 94 valence electrons. The van der Waals surface area contributed by atoms with E-state index >= 15 is 0 Å². The van der Waals surface area contributed by atoms with E-state index in [1.807, 2.05) is 29.2 Å². The molecule has 4 rings (SSSR count). The maximum Gasteiger partial charge on any atom is 0.274 e. The molecule has 0 unspecified atom stereocenters. The van der Waals surface area contributed by atoms with Gasteiger partial charge in [0.2, 0.25) is 0 Å². The zero-order valence-corrected chi connectivity index (χ0v) is 10.2. The summed E-state index contributed by atoms with van der Waals surface area (Å²) in [5, 5.41) is 0. The van der Waals surface area contributed by atoms with Gasteiger partial charge in [-0.2, -0.15) is 0 Å². The van der Waals surface area contributed by atoms with Crippen LogP contribution in [0.15, 0.2) is 47.1 Å². The van der Waals surface area contributed by atoms with Crippen LogP contribution in [0.1, 0.15) is 16.1 Å². The topological polar surface area (TPSA) is 49.2 Å². The summed E-state index contributed by atoms with van der Waals surface area (Å²) >= 11 is 0. The Bertz CT molecular complexity index is 741. The van der Waals surface area contributed by atoms with Gasteiger partial charge in [0.1, 0.15) is 5.69 Å². The molecule has 3 aromatic rings. The smallest absolute Gasteiger partial charge is 0.274 e. The molecule has 19 heavy (non-hydrogen) atoms. The highest BCUT2D eigenvalue weighted by atomic mass is 16.3. The number of para-hydroxylation sites is 1. The maximum absolute atomic E-state index is 12.5. The lowest BCUT2D eigenvalue weighted by Gasteiger charge is -2.16. The van der Waals surface area contributed by atoms with Crippen LogP contribution >= 0.6 is 0 Å². The van der Waals surface area contributed by atoms with E-state index in [4.69, 9.17) is 4.42 Å². The number of carbonyl (C=O) groups excluding carboxylic acids is 1. The van der Waals surface area contributed by atoms with Gasteiger partial charge in [-0.15, -0.1) is 0 Å². The van der Waals surface area contributed by atoms with E-state index in [1.54, 1.807) is 12.3 Å². The second-order valence-corrected chi connectivity index (χ2v) is 4.72. The fraction of sp³-hybridized carbons (Fsp3) is 0.133. The minimum atomic E-state index is -0.00338. The Hall–Kier alpha value is -2.49. The van der Waals surface area contributed by atoms with Gasteiger partial charge >= 0.3 is 0 Å². The summed E-state index contributed by atoms with van der Waals surface area (Å²) in [5.74, 6) is -0.00338. The molecule has 0 radical (unpaired) electrons. The molecular weight excluding hydrogens is 240 g/mol. The van der Waals surface area contributed by atoms with Crippen LogP contribution in [0.25, 0.3) is 11.1 Å². The molecule has 4 heteroatoms. The highest BCUT2D eigenvalue weighted by molar-refractivity contribution is 6.08. The average molecular weight is 252 g/mol. The molecule has 0 atom stereocenters. The lowest BCUT2D eigenvalue weighted by molar-refractivity contribution is 0.0985. The number of benzene rings is 1. The maximum atomic E-state index is 12.5. The summed E-state index contributed by atoms with van der Waals surface area (Å²) in [5.41, 5.74) is 4.39. The van der Waals surface area contributed by atoms with Crippen LogP contribution in [-0.4, -0.2) is 17.4 Å². The van der Waals surface area contributed by atoms with Gasteiger partial charge in [0, 0.05) is 24.4 Å². The van der Waals surface area contributed by atoms with Crippen LogP contribution in [0.5, 0.6) is 0 Å². The van der Waals surface area contributed by atoms with Crippen molar-refractivity contribution in [3.63, 3.8) is 0 Å². The van der Waals surface area contributed by atoms with Crippen molar-refractivity contribution in [2.75, 3.05) is 11.4 Å². The number of aromatic amines is 1. The first-order valence-corrected chi connectivity index (χ1v) is 6.29. The van der Waals surface area contributed by atoms with Gasteiger partial charge < -0.3 is 14.3 Å². The predicted octanol–water partition coefficient (Wildman–Crippen LogP) is 2.96. The summed E-state index contributed by atoms with van der Waals surface area (Å²) in [6, 6.07) is 11.6. The van der Waals surface area contributed by atoms with Crippen LogP contribution < -0.4 is 4.90 Å². The van der Waals surface area contributed by atoms with Gasteiger partial charge in [0.15, 0.2) is 5.58 Å². The normalized spacial score (nSPS) is 14.0. The Balaban J connectivity index is 1.73. The molecule has 0 bridgehead atoms. The Kier molecular flexibility index (Phi) is 2.06. The summed E-state index contributed by atoms with van der Waals surface area (Å²) in [6.45, 7) is 0.735. The lowest BCUT2D eigenvalue weighted by Crippen LogP contribution is -2.29. The first kappa shape index (κ1) is 10.4. The van der Waals surface area contributed by atoms with E-state index in [9.17, 15) is 4.79 Å². The number of nitrogens with one attached hydrogen (secondary N) is 1. The minimum absolute atomic E-state index is 0.00338. The zero-order valence-electron chi connectivity index (χ0n) is 10.2. The molecule has 4 nitrogen and oxygen atoms in total. The largest absolute Gasteiger partial charge is 0.463 e. The fourth-order valence-corrected chi connectivity index (χ4v) is 2.66. The van der Waals surface area contributed by atoms with Gasteiger partial charge in [-0.3, -0.25) is 4.79 Å². The SMILES string of the molecule is O=C(c1cc2occc2[nH]1)N1CCc2ccccc21. The summed E-state index contributed by atoms with van der Waals surface area (Å²) < 4.78 is 5.28. The second kappa shape index (κ2) is 3.75. The van der Waals surface area contributed by atoms with Crippen LogP contribution in [0, 0.1) is 0 Å². The average Bonchev–Trinajstić information content (AvgIpc) is 3.11. The van der Waals surface area contributed by atoms with Crippen molar-refractivity contribution in [2.45, 2.75) is 6.42 Å². The third kappa shape index (κ3) is 1.50. The number of hydrogen-bond donors (Lipinski definition) is 1. The van der Waals surface area contributed by atoms with E-state index in [-0.39, 0.29) is 5.91 Å². The molecule has 1 aromatic carbocycles. The van der Waals surface area contributed by atoms with Crippen molar-refractivity contribution >= 4 is 22.7 Å². The third-order valence-corrected chi connectivity index (χ3v) is 3.60. The molecular formula is C15H12N2O2. The molecule has 1 aliphatic heterocycles. The van der Waals surface area contributed by atoms with E-state index < -0.39 is 0 Å². The Morgan fingerprint density at radius 3 is 3.05 bits per heavy atom. The first-order valence-electron chi connectivity index (χ1n) is 6.29. The highest BCUT2D eigenvalue weighted by Gasteiger charge is 2.26. The van der Waals surface area contributed by atoms with E-state index in [2.05, 4.69) is 11.1 Å². The molecule has 0 saturated heterocycles. The standard InChI is InChI=1S/C15H12N2O2/c18-15(12-9-14-11(16-12)6-8-19-14)17-7-5-10-3-1-2-4-13(10)17/h1-4,6,8-9,16H,5,7H2. The summed E-state index contributed by atoms with van der Waals surface area (Å²) in [7, 11) is 0. The number of anilines is 1. The van der Waals surface area contributed by atoms with Crippen molar-refractivity contribution in [2.24, 2.45) is 0 Å². The molecule has 0 saturated carbocycles. The fourth-order valence-electron chi connectivity index (χ4n) is 2.66. The van der Waals surface area contributed by atoms with Crippen molar-refractivity contribution in [3.05, 3.63) is 53.9 Å². The lowest BCUT2D eigenvalue weighted by atomic mass is 10.2. The number of H-pyrrole nitrogens is 1. The van der Waals surface area contributed by atoms with E-state index in [1.165, 1.54) is 5.56 Å². The molecule has 0 spiro atoms. The van der Waals surface area contributed by atoms with Gasteiger partial charge in [0.25, 0.3) is 5.91 Å². The molecule has 0 aliphatic carbocycles. The molecule has 2 aromatic heterocycles. The minimum Gasteiger partial charge on any atom is -0.463 e. The number of furan rings is 1. The van der Waals surface area contributed by atoms with Crippen LogP contribution in [0.3, 0.4) is 0 Å². The number of fused-ring (bicyclic) bond motifs is 2. The molecule has 1 N–H and O–H groups in total. The molecule has 3 heterocycles. The monoisotopic (exact) mass is 252 g/mol. The van der Waals surface area contributed by atoms with Gasteiger partial charge in [-0.1, -0.05) is 18.2 Å². The number of hydrogen-bond acceptors (Lipinski definition) is 2. The molecule has 0 fully saturated rings. The molecule has 1 aliphatic rings. The number of aromatic nitrogens is 1. The molecule has 1 amide bonds. The Labute approximate surface area is 109 Å². The van der Waals surface area contributed by atoms with Crippen molar-refractivity contribution in [3.8, 4) is 0 Å². The summed E-state index contributed by atoms with van der Waals surface area (Å²) in [4.78, 5) is 17.4. The van der Waals surface area contributed by atoms with Crippen molar-refractivity contribution in [1.29, 1.82) is 0 Å². The summed E-state index contributed by atoms with van der Waals surface area (Å²) in [6.07, 6.45) is 2.53. The van der Waals surface area contributed by atoms with Gasteiger partial charge in [-0.05, 0) is 18.1 Å². The van der Waals surface area contributed by atoms with Gasteiger partial charge in [0.05, 0.1) is 11.8 Å². The van der Waals surface area contributed by atoms with E-state index in [0.29, 0.717) is 5.69 Å². The first-order chi connectivity index (χ1) is 9.33. The van der Waals surface area contributed by atoms with E-state index in [0.717, 1.165) is 29.8 Å². The predicted molar refractivity (Wildman–Crippen MR) is 72.4 cm³/mol. The van der Waals surface area contributed by atoms with Crippen molar-refractivity contribution < 1.29 is 9.21 Å². The number of carbonyl (C=O) groups is 1. The van der Waals surface area contributed by atoms with Crippen LogP contribution in [0.4, 0.5) is 5.69 Å². The zero-order chi connectivity index (χ0) is 12.8. The number of nitrogens with zero attached hydrogens (tertiary/aromatic N) is 1. The Morgan fingerprint density at radius 2 is 2.16 bits per heavy atom. The highest BCUT2D eigenvalue weighted by Crippen LogP contribution is 2.29. The third-order valence-electron chi connectivity index (χ3n) is 3.60. The number of rotatable bonds is 1. The van der Waals surface area contributed by atoms with Crippen LogP contribution in [-0.2, 0) is 6.42 Å². The van der Waals surface area contributed by atoms with Crippen LogP contribution in [0.2, 0.25) is 0 Å².